The van der Waals surface area contributed by atoms with Gasteiger partial charge in [-0.3, -0.25) is 0 Å². The zero-order valence-corrected chi connectivity index (χ0v) is 12.0. The fourth-order valence-corrected chi connectivity index (χ4v) is 2.21. The Morgan fingerprint density at radius 3 is 2.06 bits per heavy atom. The van der Waals surface area contributed by atoms with E-state index in [0.717, 1.165) is 6.42 Å². The topological polar surface area (TPSA) is 29.5 Å². The van der Waals surface area contributed by atoms with Crippen molar-refractivity contribution < 1.29 is 9.84 Å². The van der Waals surface area contributed by atoms with E-state index in [4.69, 9.17) is 4.74 Å². The lowest BCUT2D eigenvalue weighted by atomic mass is 9.95. The quantitative estimate of drug-likeness (QED) is 0.805. The molecular weight excluding hydrogens is 224 g/mol. The van der Waals surface area contributed by atoms with Gasteiger partial charge in [0.05, 0.1) is 12.2 Å². The highest BCUT2D eigenvalue weighted by Gasteiger charge is 2.23. The zero-order chi connectivity index (χ0) is 13.5. The van der Waals surface area contributed by atoms with Gasteiger partial charge in [-0.2, -0.15) is 0 Å². The first kappa shape index (κ1) is 15.2. The van der Waals surface area contributed by atoms with Crippen molar-refractivity contribution in [2.24, 2.45) is 5.92 Å². The third kappa shape index (κ3) is 4.43. The van der Waals surface area contributed by atoms with Gasteiger partial charge in [-0.1, -0.05) is 45.0 Å². The highest BCUT2D eigenvalue weighted by atomic mass is 16.5. The van der Waals surface area contributed by atoms with Crippen LogP contribution in [0.2, 0.25) is 0 Å². The standard InChI is InChI=1S/C16H26O2/c1-5-13-7-9-14(10-8-13)11-15(17)16(12(3)4)18-6-2/h7-10,12,15-17H,5-6,11H2,1-4H3. The van der Waals surface area contributed by atoms with E-state index in [9.17, 15) is 5.11 Å². The fourth-order valence-electron chi connectivity index (χ4n) is 2.21. The number of hydrogen-bond donors (Lipinski definition) is 1. The largest absolute Gasteiger partial charge is 0.390 e. The molecule has 2 heteroatoms. The Morgan fingerprint density at radius 1 is 1.06 bits per heavy atom. The molecule has 0 amide bonds. The van der Waals surface area contributed by atoms with E-state index >= 15 is 0 Å². The average Bonchev–Trinajstić information content (AvgIpc) is 2.36. The molecule has 0 aliphatic carbocycles. The minimum atomic E-state index is -0.433. The van der Waals surface area contributed by atoms with E-state index in [-0.39, 0.29) is 6.10 Å². The van der Waals surface area contributed by atoms with Gasteiger partial charge in [-0.25, -0.2) is 0 Å². The number of aliphatic hydroxyl groups excluding tert-OH is 1. The molecule has 0 radical (unpaired) electrons. The SMILES string of the molecule is CCOC(C(C)C)C(O)Cc1ccc(CC)cc1. The fraction of sp³-hybridized carbons (Fsp3) is 0.625. The highest BCUT2D eigenvalue weighted by Crippen LogP contribution is 2.16. The predicted molar refractivity (Wildman–Crippen MR) is 75.8 cm³/mol. The second kappa shape index (κ2) is 7.55. The third-order valence-electron chi connectivity index (χ3n) is 3.27. The molecule has 2 nitrogen and oxygen atoms in total. The molecule has 102 valence electrons. The predicted octanol–water partition coefficient (Wildman–Crippen LogP) is 3.21. The summed E-state index contributed by atoms with van der Waals surface area (Å²) in [7, 11) is 0. The van der Waals surface area contributed by atoms with Crippen LogP contribution < -0.4 is 0 Å². The van der Waals surface area contributed by atoms with Gasteiger partial charge < -0.3 is 9.84 Å². The van der Waals surface area contributed by atoms with Gasteiger partial charge in [0, 0.05) is 13.0 Å². The first-order valence-electron chi connectivity index (χ1n) is 6.95. The van der Waals surface area contributed by atoms with Crippen LogP contribution in [0.25, 0.3) is 0 Å². The molecule has 1 rings (SSSR count). The Hall–Kier alpha value is -0.860. The summed E-state index contributed by atoms with van der Waals surface area (Å²) in [6, 6.07) is 8.47. The van der Waals surface area contributed by atoms with Gasteiger partial charge >= 0.3 is 0 Å². The minimum Gasteiger partial charge on any atom is -0.390 e. The number of benzene rings is 1. The lowest BCUT2D eigenvalue weighted by Gasteiger charge is -2.26. The molecule has 0 bridgehead atoms. The molecule has 0 saturated heterocycles. The van der Waals surface area contributed by atoms with E-state index in [1.807, 2.05) is 6.92 Å². The van der Waals surface area contributed by atoms with Gasteiger partial charge in [0.15, 0.2) is 0 Å². The molecule has 2 unspecified atom stereocenters. The van der Waals surface area contributed by atoms with E-state index in [0.29, 0.717) is 18.9 Å². The van der Waals surface area contributed by atoms with Gasteiger partial charge in [0.2, 0.25) is 0 Å². The molecule has 18 heavy (non-hydrogen) atoms. The van der Waals surface area contributed by atoms with Crippen molar-refractivity contribution in [1.29, 1.82) is 0 Å². The van der Waals surface area contributed by atoms with Crippen LogP contribution in [0.4, 0.5) is 0 Å². The molecule has 0 aliphatic heterocycles. The van der Waals surface area contributed by atoms with E-state index in [2.05, 4.69) is 45.0 Å². The lowest BCUT2D eigenvalue weighted by molar-refractivity contribution is -0.0562. The summed E-state index contributed by atoms with van der Waals surface area (Å²) in [6.07, 6.45) is 1.20. The van der Waals surface area contributed by atoms with E-state index < -0.39 is 6.10 Å². The summed E-state index contributed by atoms with van der Waals surface area (Å²) in [5, 5.41) is 10.3. The van der Waals surface area contributed by atoms with Crippen molar-refractivity contribution in [2.45, 2.75) is 52.7 Å². The normalized spacial score (nSPS) is 14.8. The number of ether oxygens (including phenoxy) is 1. The van der Waals surface area contributed by atoms with Crippen LogP contribution in [0.5, 0.6) is 0 Å². The van der Waals surface area contributed by atoms with Crippen molar-refractivity contribution >= 4 is 0 Å². The summed E-state index contributed by atoms with van der Waals surface area (Å²) in [4.78, 5) is 0. The first-order chi connectivity index (χ1) is 8.58. The molecule has 2 atom stereocenters. The number of hydrogen-bond acceptors (Lipinski definition) is 2. The van der Waals surface area contributed by atoms with Crippen LogP contribution in [0.3, 0.4) is 0 Å². The number of aryl methyl sites for hydroxylation is 1. The van der Waals surface area contributed by atoms with Crippen LogP contribution in [0.1, 0.15) is 38.8 Å². The van der Waals surface area contributed by atoms with Gasteiger partial charge in [0.25, 0.3) is 0 Å². The maximum absolute atomic E-state index is 10.3. The Morgan fingerprint density at radius 2 is 1.61 bits per heavy atom. The number of rotatable bonds is 7. The van der Waals surface area contributed by atoms with Crippen LogP contribution in [-0.4, -0.2) is 23.9 Å². The van der Waals surface area contributed by atoms with Crippen molar-refractivity contribution in [3.05, 3.63) is 35.4 Å². The van der Waals surface area contributed by atoms with Crippen LogP contribution in [0.15, 0.2) is 24.3 Å². The van der Waals surface area contributed by atoms with Crippen LogP contribution >= 0.6 is 0 Å². The Kier molecular flexibility index (Phi) is 6.37. The van der Waals surface area contributed by atoms with Crippen LogP contribution in [0, 0.1) is 5.92 Å². The molecule has 0 aromatic heterocycles. The summed E-state index contributed by atoms with van der Waals surface area (Å²) in [5.41, 5.74) is 2.50. The third-order valence-corrected chi connectivity index (χ3v) is 3.27. The lowest BCUT2D eigenvalue weighted by Crippen LogP contribution is -2.35. The van der Waals surface area contributed by atoms with Gasteiger partial charge in [-0.15, -0.1) is 0 Å². The van der Waals surface area contributed by atoms with Gasteiger partial charge in [-0.05, 0) is 30.4 Å². The van der Waals surface area contributed by atoms with Crippen molar-refractivity contribution in [3.63, 3.8) is 0 Å². The average molecular weight is 250 g/mol. The summed E-state index contributed by atoms with van der Waals surface area (Å²) < 4.78 is 5.63. The molecule has 0 fully saturated rings. The maximum Gasteiger partial charge on any atom is 0.0859 e. The highest BCUT2D eigenvalue weighted by molar-refractivity contribution is 5.23. The molecule has 0 spiro atoms. The molecule has 1 N–H and O–H groups in total. The van der Waals surface area contributed by atoms with Crippen molar-refractivity contribution in [1.82, 2.24) is 0 Å². The summed E-state index contributed by atoms with van der Waals surface area (Å²) in [6.45, 7) is 8.94. The van der Waals surface area contributed by atoms with Gasteiger partial charge in [0.1, 0.15) is 0 Å². The first-order valence-corrected chi connectivity index (χ1v) is 6.95. The maximum atomic E-state index is 10.3. The molecule has 1 aromatic rings. The second-order valence-corrected chi connectivity index (χ2v) is 5.11. The Balaban J connectivity index is 2.63. The molecule has 0 heterocycles. The second-order valence-electron chi connectivity index (χ2n) is 5.11. The molecule has 0 saturated carbocycles. The van der Waals surface area contributed by atoms with E-state index in [1.54, 1.807) is 0 Å². The molecule has 1 aromatic carbocycles. The Labute approximate surface area is 111 Å². The monoisotopic (exact) mass is 250 g/mol. The minimum absolute atomic E-state index is 0.0825. The smallest absolute Gasteiger partial charge is 0.0859 e. The van der Waals surface area contributed by atoms with Crippen LogP contribution in [-0.2, 0) is 17.6 Å². The van der Waals surface area contributed by atoms with Crippen molar-refractivity contribution in [3.8, 4) is 0 Å². The number of aliphatic hydroxyl groups is 1. The van der Waals surface area contributed by atoms with E-state index in [1.165, 1.54) is 11.1 Å². The Bertz CT molecular complexity index is 329. The summed E-state index contributed by atoms with van der Waals surface area (Å²) in [5.74, 6) is 0.329. The summed E-state index contributed by atoms with van der Waals surface area (Å²) >= 11 is 0. The van der Waals surface area contributed by atoms with Crippen molar-refractivity contribution in [2.75, 3.05) is 6.61 Å². The zero-order valence-electron chi connectivity index (χ0n) is 12.0. The molecule has 0 aliphatic rings. The molecular formula is C16H26O2.